The third-order valence-corrected chi connectivity index (χ3v) is 7.73. The maximum Gasteiger partial charge on any atom is 0.197 e. The molecule has 0 N–H and O–H groups in total. The van der Waals surface area contributed by atoms with E-state index in [1.165, 1.54) is 18.4 Å². The molecule has 1 saturated carbocycles. The molecule has 1 atom stereocenters. The summed E-state index contributed by atoms with van der Waals surface area (Å²) < 4.78 is 12.9. The van der Waals surface area contributed by atoms with Crippen LogP contribution in [0.1, 0.15) is 69.0 Å². The first-order chi connectivity index (χ1) is 15.0. The number of ketones is 1. The number of fused-ring (bicyclic) bond motifs is 5. The highest BCUT2D eigenvalue weighted by Crippen LogP contribution is 2.57. The first-order valence-corrected chi connectivity index (χ1v) is 11.9. The van der Waals surface area contributed by atoms with E-state index in [1.54, 1.807) is 0 Å². The molecule has 1 spiro atoms. The van der Waals surface area contributed by atoms with E-state index >= 15 is 0 Å². The van der Waals surface area contributed by atoms with E-state index in [2.05, 4.69) is 31.7 Å². The molecular formula is C27H33NO3. The maximum atomic E-state index is 13.6. The Balaban J connectivity index is 1.51. The lowest BCUT2D eigenvalue weighted by atomic mass is 9.63. The molecule has 5 rings (SSSR count). The van der Waals surface area contributed by atoms with E-state index < -0.39 is 0 Å². The van der Waals surface area contributed by atoms with E-state index in [0.29, 0.717) is 6.61 Å². The SMILES string of the molecule is CCN(CC)CCOC1(C)C=CC2=C(C1)C1(CCCC1)c1oc3ccccc3c1C2=O. The van der Waals surface area contributed by atoms with Gasteiger partial charge in [0.2, 0.25) is 0 Å². The smallest absolute Gasteiger partial charge is 0.197 e. The molecule has 0 saturated heterocycles. The fourth-order valence-corrected chi connectivity index (χ4v) is 5.94. The summed E-state index contributed by atoms with van der Waals surface area (Å²) in [5.41, 5.74) is 3.21. The normalized spacial score (nSPS) is 24.5. The van der Waals surface area contributed by atoms with Crippen molar-refractivity contribution in [2.75, 3.05) is 26.2 Å². The summed E-state index contributed by atoms with van der Waals surface area (Å²) in [7, 11) is 0. The molecule has 1 fully saturated rings. The predicted molar refractivity (Wildman–Crippen MR) is 124 cm³/mol. The fourth-order valence-electron chi connectivity index (χ4n) is 5.94. The Morgan fingerprint density at radius 2 is 1.87 bits per heavy atom. The summed E-state index contributed by atoms with van der Waals surface area (Å²) in [4.78, 5) is 16.0. The number of para-hydroxylation sites is 1. The summed E-state index contributed by atoms with van der Waals surface area (Å²) in [6, 6.07) is 7.99. The van der Waals surface area contributed by atoms with Crippen LogP contribution < -0.4 is 0 Å². The molecule has 164 valence electrons. The van der Waals surface area contributed by atoms with Crippen LogP contribution in [0.4, 0.5) is 0 Å². The van der Waals surface area contributed by atoms with Gasteiger partial charge in [0.25, 0.3) is 0 Å². The van der Waals surface area contributed by atoms with Crippen molar-refractivity contribution in [2.45, 2.75) is 63.9 Å². The van der Waals surface area contributed by atoms with E-state index in [0.717, 1.165) is 66.8 Å². The number of allylic oxidation sites excluding steroid dienone is 2. The lowest BCUT2D eigenvalue weighted by Crippen LogP contribution is -2.41. The van der Waals surface area contributed by atoms with Crippen molar-refractivity contribution in [3.8, 4) is 0 Å². The molecule has 3 aliphatic carbocycles. The standard InChI is InChI=1S/C27H33NO3/c1-4-28(5-2)16-17-30-26(3)15-12-19-21(18-26)27(13-8-9-14-27)25-23(24(19)29)20-10-6-7-11-22(20)31-25/h6-7,10-12,15H,4-5,8-9,13-14,16-18H2,1-3H3. The molecule has 4 nitrogen and oxygen atoms in total. The number of carbonyl (C=O) groups is 1. The zero-order chi connectivity index (χ0) is 21.6. The number of rotatable bonds is 6. The molecule has 1 unspecified atom stereocenters. The molecule has 0 bridgehead atoms. The van der Waals surface area contributed by atoms with Crippen LogP contribution in [0.5, 0.6) is 0 Å². The molecular weight excluding hydrogens is 386 g/mol. The summed E-state index contributed by atoms with van der Waals surface area (Å²) >= 11 is 0. The average molecular weight is 420 g/mol. The molecule has 0 aliphatic heterocycles. The van der Waals surface area contributed by atoms with Crippen molar-refractivity contribution in [2.24, 2.45) is 0 Å². The van der Waals surface area contributed by atoms with Crippen molar-refractivity contribution >= 4 is 16.8 Å². The summed E-state index contributed by atoms with van der Waals surface area (Å²) in [5.74, 6) is 1.03. The van der Waals surface area contributed by atoms with Crippen molar-refractivity contribution in [1.29, 1.82) is 0 Å². The van der Waals surface area contributed by atoms with Gasteiger partial charge in [0.15, 0.2) is 5.78 Å². The lowest BCUT2D eigenvalue weighted by molar-refractivity contribution is -0.00755. The van der Waals surface area contributed by atoms with E-state index in [-0.39, 0.29) is 16.8 Å². The number of carbonyl (C=O) groups excluding carboxylic acids is 1. The van der Waals surface area contributed by atoms with Crippen molar-refractivity contribution in [3.05, 3.63) is 58.9 Å². The predicted octanol–water partition coefficient (Wildman–Crippen LogP) is 5.81. The monoisotopic (exact) mass is 419 g/mol. The second-order valence-corrected chi connectivity index (χ2v) is 9.51. The number of hydrogen-bond acceptors (Lipinski definition) is 4. The highest BCUT2D eigenvalue weighted by molar-refractivity contribution is 6.20. The highest BCUT2D eigenvalue weighted by Gasteiger charge is 2.52. The van der Waals surface area contributed by atoms with Gasteiger partial charge in [0, 0.05) is 23.9 Å². The third kappa shape index (κ3) is 3.23. The maximum absolute atomic E-state index is 13.6. The third-order valence-electron chi connectivity index (χ3n) is 7.73. The lowest BCUT2D eigenvalue weighted by Gasteiger charge is -2.42. The van der Waals surface area contributed by atoms with Gasteiger partial charge in [-0.15, -0.1) is 0 Å². The number of Topliss-reactive ketones (excluding diaryl/α,β-unsaturated/α-hetero) is 1. The van der Waals surface area contributed by atoms with Gasteiger partial charge in [-0.2, -0.15) is 0 Å². The topological polar surface area (TPSA) is 42.7 Å². The Hall–Kier alpha value is -2.17. The van der Waals surface area contributed by atoms with Crippen LogP contribution in [-0.2, 0) is 10.2 Å². The molecule has 1 aromatic heterocycles. The molecule has 3 aliphatic rings. The summed E-state index contributed by atoms with van der Waals surface area (Å²) in [6.45, 7) is 10.2. The van der Waals surface area contributed by atoms with Crippen molar-refractivity contribution in [3.63, 3.8) is 0 Å². The highest BCUT2D eigenvalue weighted by atomic mass is 16.5. The van der Waals surface area contributed by atoms with Gasteiger partial charge in [-0.25, -0.2) is 0 Å². The van der Waals surface area contributed by atoms with E-state index in [1.807, 2.05) is 30.3 Å². The molecule has 31 heavy (non-hydrogen) atoms. The largest absolute Gasteiger partial charge is 0.459 e. The molecule has 2 aromatic rings. The minimum atomic E-state index is -0.384. The van der Waals surface area contributed by atoms with Gasteiger partial charge >= 0.3 is 0 Å². The van der Waals surface area contributed by atoms with Gasteiger partial charge < -0.3 is 14.1 Å². The van der Waals surface area contributed by atoms with Crippen LogP contribution in [0.3, 0.4) is 0 Å². The van der Waals surface area contributed by atoms with Crippen LogP contribution in [0, 0.1) is 0 Å². The van der Waals surface area contributed by atoms with E-state index in [9.17, 15) is 4.79 Å². The van der Waals surface area contributed by atoms with Crippen LogP contribution in [0.2, 0.25) is 0 Å². The Bertz CT molecular complexity index is 1070. The van der Waals surface area contributed by atoms with Gasteiger partial charge in [0.1, 0.15) is 11.3 Å². The van der Waals surface area contributed by atoms with Gasteiger partial charge in [-0.3, -0.25) is 4.79 Å². The van der Waals surface area contributed by atoms with Gasteiger partial charge in [0.05, 0.1) is 23.2 Å². The number of nitrogens with zero attached hydrogens (tertiary/aromatic N) is 1. The van der Waals surface area contributed by atoms with Gasteiger partial charge in [-0.05, 0) is 44.5 Å². The van der Waals surface area contributed by atoms with Crippen LogP contribution >= 0.6 is 0 Å². The molecule has 4 heteroatoms. The second kappa shape index (κ2) is 7.75. The number of hydrogen-bond donors (Lipinski definition) is 0. The summed E-state index contributed by atoms with van der Waals surface area (Å²) in [6.07, 6.45) is 9.37. The first kappa shape index (κ1) is 20.7. The number of ether oxygens (including phenoxy) is 1. The fraction of sp³-hybridized carbons (Fsp3) is 0.519. The number of likely N-dealkylation sites (N-methyl/N-ethyl adjacent to an activating group) is 1. The number of benzene rings is 1. The van der Waals surface area contributed by atoms with Crippen molar-refractivity contribution in [1.82, 2.24) is 4.90 Å². The van der Waals surface area contributed by atoms with Gasteiger partial charge in [-0.1, -0.05) is 57.0 Å². The first-order valence-electron chi connectivity index (χ1n) is 11.9. The Labute approximate surface area is 184 Å². The quantitative estimate of drug-likeness (QED) is 0.592. The molecule has 1 heterocycles. The Morgan fingerprint density at radius 3 is 2.61 bits per heavy atom. The van der Waals surface area contributed by atoms with E-state index in [4.69, 9.17) is 9.15 Å². The zero-order valence-corrected chi connectivity index (χ0v) is 19.0. The Kier molecular flexibility index (Phi) is 5.18. The average Bonchev–Trinajstić information content (AvgIpc) is 3.41. The zero-order valence-electron chi connectivity index (χ0n) is 19.0. The van der Waals surface area contributed by atoms with Crippen LogP contribution in [0.25, 0.3) is 11.0 Å². The molecule has 0 radical (unpaired) electrons. The van der Waals surface area contributed by atoms with Crippen LogP contribution in [-0.4, -0.2) is 42.5 Å². The second-order valence-electron chi connectivity index (χ2n) is 9.51. The minimum Gasteiger partial charge on any atom is -0.459 e. The molecule has 0 amide bonds. The summed E-state index contributed by atoms with van der Waals surface area (Å²) in [5, 5.41) is 0.956. The Morgan fingerprint density at radius 1 is 1.13 bits per heavy atom. The van der Waals surface area contributed by atoms with Crippen LogP contribution in [0.15, 0.2) is 52.0 Å². The van der Waals surface area contributed by atoms with Crippen molar-refractivity contribution < 1.29 is 13.9 Å². The molecule has 1 aromatic carbocycles. The number of furan rings is 1. The minimum absolute atomic E-state index is 0.119.